The molecule has 2 aromatic rings. The molecule has 0 aliphatic rings. The van der Waals surface area contributed by atoms with Gasteiger partial charge in [0.05, 0.1) is 12.8 Å². The van der Waals surface area contributed by atoms with E-state index in [1.165, 1.54) is 0 Å². The van der Waals surface area contributed by atoms with E-state index in [4.69, 9.17) is 10.5 Å². The van der Waals surface area contributed by atoms with Crippen molar-refractivity contribution in [2.45, 2.75) is 33.7 Å². The first kappa shape index (κ1) is 15.1. The SMILES string of the molecule is CCc1nc(-c2ccc(OC)cc2C)n(CC)c(=O)c1N. The number of nitrogen functional groups attached to an aromatic ring is 1. The van der Waals surface area contributed by atoms with Crippen molar-refractivity contribution in [2.75, 3.05) is 12.8 Å². The number of methoxy groups -OCH3 is 1. The van der Waals surface area contributed by atoms with Crippen molar-refractivity contribution >= 4 is 5.69 Å². The van der Waals surface area contributed by atoms with Crippen LogP contribution in [0.4, 0.5) is 5.69 Å². The van der Waals surface area contributed by atoms with Crippen molar-refractivity contribution in [3.05, 3.63) is 39.8 Å². The lowest BCUT2D eigenvalue weighted by atomic mass is 10.1. The first-order chi connectivity index (χ1) is 10.0. The first-order valence-corrected chi connectivity index (χ1v) is 7.07. The normalized spacial score (nSPS) is 10.7. The highest BCUT2D eigenvalue weighted by Crippen LogP contribution is 2.26. The minimum Gasteiger partial charge on any atom is -0.497 e. The van der Waals surface area contributed by atoms with Gasteiger partial charge in [0.1, 0.15) is 17.3 Å². The molecular formula is C16H21N3O2. The number of hydrogen-bond donors (Lipinski definition) is 1. The molecule has 0 fully saturated rings. The standard InChI is InChI=1S/C16H21N3O2/c1-5-13-14(17)16(20)19(6-2)15(18-13)12-8-7-11(21-4)9-10(12)3/h7-9H,5-6,17H2,1-4H3. The number of nitrogens with zero attached hydrogens (tertiary/aromatic N) is 2. The molecule has 1 aromatic carbocycles. The molecule has 2 rings (SSSR count). The third-order valence-electron chi connectivity index (χ3n) is 3.61. The van der Waals surface area contributed by atoms with Crippen molar-refractivity contribution in [3.63, 3.8) is 0 Å². The largest absolute Gasteiger partial charge is 0.497 e. The van der Waals surface area contributed by atoms with Gasteiger partial charge in [0, 0.05) is 12.1 Å². The lowest BCUT2D eigenvalue weighted by Gasteiger charge is -2.15. The summed E-state index contributed by atoms with van der Waals surface area (Å²) >= 11 is 0. The molecule has 0 amide bonds. The molecule has 0 aliphatic carbocycles. The summed E-state index contributed by atoms with van der Waals surface area (Å²) in [5.74, 6) is 1.45. The van der Waals surface area contributed by atoms with Crippen LogP contribution >= 0.6 is 0 Å². The topological polar surface area (TPSA) is 70.1 Å². The zero-order valence-electron chi connectivity index (χ0n) is 12.9. The summed E-state index contributed by atoms with van der Waals surface area (Å²) in [7, 11) is 1.63. The zero-order chi connectivity index (χ0) is 15.6. The number of nitrogens with two attached hydrogens (primary N) is 1. The van der Waals surface area contributed by atoms with E-state index in [-0.39, 0.29) is 11.2 Å². The van der Waals surface area contributed by atoms with Crippen LogP contribution in [-0.2, 0) is 13.0 Å². The van der Waals surface area contributed by atoms with Crippen LogP contribution in [0, 0.1) is 6.92 Å². The number of aromatic nitrogens is 2. The Bertz CT molecular complexity index is 720. The van der Waals surface area contributed by atoms with E-state index in [0.717, 1.165) is 16.9 Å². The fourth-order valence-corrected chi connectivity index (χ4v) is 2.40. The Balaban J connectivity index is 2.74. The Hall–Kier alpha value is -2.30. The van der Waals surface area contributed by atoms with Crippen LogP contribution in [0.5, 0.6) is 5.75 Å². The molecule has 0 spiro atoms. The van der Waals surface area contributed by atoms with E-state index in [1.807, 2.05) is 39.0 Å². The second-order valence-electron chi connectivity index (χ2n) is 4.88. The molecular weight excluding hydrogens is 266 g/mol. The molecule has 0 unspecified atom stereocenters. The summed E-state index contributed by atoms with van der Waals surface area (Å²) in [6, 6.07) is 5.73. The summed E-state index contributed by atoms with van der Waals surface area (Å²) in [6.45, 7) is 6.36. The van der Waals surface area contributed by atoms with Crippen LogP contribution in [0.1, 0.15) is 25.1 Å². The Morgan fingerprint density at radius 2 is 2.05 bits per heavy atom. The second-order valence-corrected chi connectivity index (χ2v) is 4.88. The minimum absolute atomic E-state index is 0.172. The molecule has 5 heteroatoms. The average Bonchev–Trinajstić information content (AvgIpc) is 2.49. The quantitative estimate of drug-likeness (QED) is 0.937. The van der Waals surface area contributed by atoms with Crippen LogP contribution in [0.25, 0.3) is 11.4 Å². The highest BCUT2D eigenvalue weighted by Gasteiger charge is 2.15. The predicted octanol–water partition coefficient (Wildman–Crippen LogP) is 2.39. The van der Waals surface area contributed by atoms with Gasteiger partial charge < -0.3 is 10.5 Å². The van der Waals surface area contributed by atoms with Crippen LogP contribution in [0.15, 0.2) is 23.0 Å². The third-order valence-corrected chi connectivity index (χ3v) is 3.61. The highest BCUT2D eigenvalue weighted by molar-refractivity contribution is 5.63. The van der Waals surface area contributed by atoms with Gasteiger partial charge in [-0.2, -0.15) is 0 Å². The van der Waals surface area contributed by atoms with Gasteiger partial charge in [-0.1, -0.05) is 6.92 Å². The van der Waals surface area contributed by atoms with Crippen LogP contribution in [-0.4, -0.2) is 16.7 Å². The Morgan fingerprint density at radius 3 is 2.57 bits per heavy atom. The fraction of sp³-hybridized carbons (Fsp3) is 0.375. The molecule has 0 saturated carbocycles. The molecule has 0 atom stereocenters. The number of ether oxygens (including phenoxy) is 1. The Labute approximate surface area is 124 Å². The monoisotopic (exact) mass is 287 g/mol. The van der Waals surface area contributed by atoms with Gasteiger partial charge >= 0.3 is 0 Å². The van der Waals surface area contributed by atoms with Gasteiger partial charge in [-0.25, -0.2) is 4.98 Å². The predicted molar refractivity (Wildman–Crippen MR) is 84.7 cm³/mol. The van der Waals surface area contributed by atoms with E-state index in [9.17, 15) is 4.79 Å². The van der Waals surface area contributed by atoms with E-state index < -0.39 is 0 Å². The van der Waals surface area contributed by atoms with Gasteiger partial charge in [-0.3, -0.25) is 9.36 Å². The van der Waals surface area contributed by atoms with E-state index in [2.05, 4.69) is 4.98 Å². The van der Waals surface area contributed by atoms with Crippen molar-refractivity contribution in [1.82, 2.24) is 9.55 Å². The summed E-state index contributed by atoms with van der Waals surface area (Å²) in [4.78, 5) is 17.0. The first-order valence-electron chi connectivity index (χ1n) is 7.07. The maximum Gasteiger partial charge on any atom is 0.277 e. The second kappa shape index (κ2) is 5.99. The molecule has 5 nitrogen and oxygen atoms in total. The molecule has 1 heterocycles. The maximum absolute atomic E-state index is 12.4. The Kier molecular flexibility index (Phi) is 4.31. The molecule has 21 heavy (non-hydrogen) atoms. The van der Waals surface area contributed by atoms with Gasteiger partial charge in [-0.15, -0.1) is 0 Å². The van der Waals surface area contributed by atoms with E-state index in [1.54, 1.807) is 11.7 Å². The zero-order valence-corrected chi connectivity index (χ0v) is 12.9. The summed E-state index contributed by atoms with van der Waals surface area (Å²) in [5, 5.41) is 0. The molecule has 0 radical (unpaired) electrons. The number of hydrogen-bond acceptors (Lipinski definition) is 4. The van der Waals surface area contributed by atoms with Crippen LogP contribution < -0.4 is 16.0 Å². The lowest BCUT2D eigenvalue weighted by molar-refractivity contribution is 0.414. The van der Waals surface area contributed by atoms with Gasteiger partial charge in [0.2, 0.25) is 0 Å². The molecule has 2 N–H and O–H groups in total. The van der Waals surface area contributed by atoms with Crippen molar-refractivity contribution in [3.8, 4) is 17.1 Å². The molecule has 1 aromatic heterocycles. The number of anilines is 1. The maximum atomic E-state index is 12.4. The summed E-state index contributed by atoms with van der Waals surface area (Å²) in [5.41, 5.74) is 8.54. The Morgan fingerprint density at radius 1 is 1.33 bits per heavy atom. The summed E-state index contributed by atoms with van der Waals surface area (Å²) < 4.78 is 6.84. The van der Waals surface area contributed by atoms with Crippen LogP contribution in [0.3, 0.4) is 0 Å². The van der Waals surface area contributed by atoms with Crippen molar-refractivity contribution in [1.29, 1.82) is 0 Å². The molecule has 0 saturated heterocycles. The van der Waals surface area contributed by atoms with E-state index in [0.29, 0.717) is 24.5 Å². The van der Waals surface area contributed by atoms with Crippen LogP contribution in [0.2, 0.25) is 0 Å². The molecule has 0 aliphatic heterocycles. The average molecular weight is 287 g/mol. The minimum atomic E-state index is -0.172. The lowest BCUT2D eigenvalue weighted by Crippen LogP contribution is -2.27. The molecule has 112 valence electrons. The van der Waals surface area contributed by atoms with Gasteiger partial charge in [-0.05, 0) is 44.0 Å². The number of aryl methyl sites for hydroxylation is 2. The van der Waals surface area contributed by atoms with Gasteiger partial charge in [0.15, 0.2) is 0 Å². The molecule has 0 bridgehead atoms. The number of benzene rings is 1. The van der Waals surface area contributed by atoms with Crippen molar-refractivity contribution < 1.29 is 4.74 Å². The summed E-state index contributed by atoms with van der Waals surface area (Å²) in [6.07, 6.45) is 0.633. The smallest absolute Gasteiger partial charge is 0.277 e. The van der Waals surface area contributed by atoms with E-state index >= 15 is 0 Å². The van der Waals surface area contributed by atoms with Crippen molar-refractivity contribution in [2.24, 2.45) is 0 Å². The third kappa shape index (κ3) is 2.63. The van der Waals surface area contributed by atoms with Gasteiger partial charge in [0.25, 0.3) is 5.56 Å². The fourth-order valence-electron chi connectivity index (χ4n) is 2.40. The number of rotatable bonds is 4. The highest BCUT2D eigenvalue weighted by atomic mass is 16.5.